The molecule has 120 valence electrons. The number of likely N-dealkylation sites (tertiary alicyclic amines) is 1. The summed E-state index contributed by atoms with van der Waals surface area (Å²) in [6, 6.07) is 3.93. The first-order valence-corrected chi connectivity index (χ1v) is 8.12. The molecule has 0 bridgehead atoms. The van der Waals surface area contributed by atoms with Crippen molar-refractivity contribution >= 4 is 5.91 Å². The van der Waals surface area contributed by atoms with Crippen LogP contribution < -0.4 is 0 Å². The number of carbonyl (C=O) groups is 1. The molecule has 0 unspecified atom stereocenters. The molecular formula is C17H24N2O3. The highest BCUT2D eigenvalue weighted by Gasteiger charge is 2.42. The highest BCUT2D eigenvalue weighted by atomic mass is 16.7. The Morgan fingerprint density at radius 2 is 2.09 bits per heavy atom. The van der Waals surface area contributed by atoms with Crippen LogP contribution in [-0.2, 0) is 20.7 Å². The zero-order valence-electron chi connectivity index (χ0n) is 13.2. The third-order valence-electron chi connectivity index (χ3n) is 4.75. The van der Waals surface area contributed by atoms with Crippen molar-refractivity contribution in [3.63, 3.8) is 0 Å². The molecule has 2 aliphatic rings. The van der Waals surface area contributed by atoms with Gasteiger partial charge in [-0.15, -0.1) is 0 Å². The molecule has 0 N–H and O–H groups in total. The van der Waals surface area contributed by atoms with Gasteiger partial charge in [0.2, 0.25) is 5.91 Å². The maximum atomic E-state index is 12.5. The number of aryl methyl sites for hydroxylation is 1. The van der Waals surface area contributed by atoms with Gasteiger partial charge in [0.25, 0.3) is 0 Å². The van der Waals surface area contributed by atoms with Gasteiger partial charge in [0.15, 0.2) is 5.79 Å². The van der Waals surface area contributed by atoms with Crippen LogP contribution in [0.1, 0.15) is 31.7 Å². The Labute approximate surface area is 131 Å². The van der Waals surface area contributed by atoms with E-state index in [2.05, 4.69) is 4.98 Å². The summed E-state index contributed by atoms with van der Waals surface area (Å²) in [5, 5.41) is 0. The molecule has 0 aromatic carbocycles. The number of carbonyl (C=O) groups excluding carboxylic acids is 1. The summed E-state index contributed by atoms with van der Waals surface area (Å²) in [7, 11) is 0. The minimum atomic E-state index is -0.510. The molecule has 2 fully saturated rings. The van der Waals surface area contributed by atoms with Crippen LogP contribution in [0.5, 0.6) is 0 Å². The lowest BCUT2D eigenvalue weighted by atomic mass is 9.90. The molecule has 5 heteroatoms. The molecule has 1 atom stereocenters. The van der Waals surface area contributed by atoms with Gasteiger partial charge >= 0.3 is 0 Å². The van der Waals surface area contributed by atoms with Crippen LogP contribution in [0.4, 0.5) is 0 Å². The molecule has 0 radical (unpaired) electrons. The predicted octanol–water partition coefficient (Wildman–Crippen LogP) is 2.02. The second-order valence-electron chi connectivity index (χ2n) is 6.25. The SMILES string of the molecule is CC1([C@H]2CCCN(C(=O)CCc3ccncc3)C2)OCCO1. The van der Waals surface area contributed by atoms with Gasteiger partial charge in [0.1, 0.15) is 0 Å². The summed E-state index contributed by atoms with van der Waals surface area (Å²) in [4.78, 5) is 18.4. The Hall–Kier alpha value is -1.46. The van der Waals surface area contributed by atoms with Gasteiger partial charge in [0.05, 0.1) is 13.2 Å². The fraction of sp³-hybridized carbons (Fsp3) is 0.647. The second kappa shape index (κ2) is 6.75. The summed E-state index contributed by atoms with van der Waals surface area (Å²) in [6.45, 7) is 4.91. The summed E-state index contributed by atoms with van der Waals surface area (Å²) in [6.07, 6.45) is 6.94. The topological polar surface area (TPSA) is 51.7 Å². The van der Waals surface area contributed by atoms with E-state index < -0.39 is 5.79 Å². The fourth-order valence-corrected chi connectivity index (χ4v) is 3.36. The number of aromatic nitrogens is 1. The summed E-state index contributed by atoms with van der Waals surface area (Å²) in [5.74, 6) is -0.0129. The maximum absolute atomic E-state index is 12.5. The number of piperidine rings is 1. The quantitative estimate of drug-likeness (QED) is 0.854. The van der Waals surface area contributed by atoms with Gasteiger partial charge in [0, 0.05) is 37.8 Å². The lowest BCUT2D eigenvalue weighted by molar-refractivity contribution is -0.193. The van der Waals surface area contributed by atoms with E-state index in [0.717, 1.165) is 37.9 Å². The summed E-state index contributed by atoms with van der Waals surface area (Å²) in [5.41, 5.74) is 1.16. The van der Waals surface area contributed by atoms with Crippen molar-refractivity contribution in [1.82, 2.24) is 9.88 Å². The molecule has 3 heterocycles. The molecular weight excluding hydrogens is 280 g/mol. The standard InChI is InChI=1S/C17H24N2O3/c1-17(21-11-12-22-17)15-3-2-10-19(13-15)16(20)5-4-14-6-8-18-9-7-14/h6-9,15H,2-5,10-13H2,1H3/t15-/m0/s1. The van der Waals surface area contributed by atoms with Gasteiger partial charge in [-0.3, -0.25) is 9.78 Å². The van der Waals surface area contributed by atoms with E-state index in [-0.39, 0.29) is 11.8 Å². The van der Waals surface area contributed by atoms with Crippen LogP contribution in [0.2, 0.25) is 0 Å². The van der Waals surface area contributed by atoms with Gasteiger partial charge in [-0.1, -0.05) is 0 Å². The molecule has 1 amide bonds. The average molecular weight is 304 g/mol. The number of rotatable bonds is 4. The first-order chi connectivity index (χ1) is 10.7. The van der Waals surface area contributed by atoms with Crippen LogP contribution in [-0.4, -0.2) is 47.9 Å². The number of pyridine rings is 1. The molecule has 0 aliphatic carbocycles. The summed E-state index contributed by atoms with van der Waals surface area (Å²) >= 11 is 0. The van der Waals surface area contributed by atoms with Crippen molar-refractivity contribution < 1.29 is 14.3 Å². The van der Waals surface area contributed by atoms with Crippen molar-refractivity contribution in [2.75, 3.05) is 26.3 Å². The minimum Gasteiger partial charge on any atom is -0.347 e. The van der Waals surface area contributed by atoms with Crippen LogP contribution in [0, 0.1) is 5.92 Å². The minimum absolute atomic E-state index is 0.225. The number of amides is 1. The van der Waals surface area contributed by atoms with Gasteiger partial charge in [-0.2, -0.15) is 0 Å². The third-order valence-corrected chi connectivity index (χ3v) is 4.75. The van der Waals surface area contributed by atoms with Gasteiger partial charge < -0.3 is 14.4 Å². The number of hydrogen-bond acceptors (Lipinski definition) is 4. The van der Waals surface area contributed by atoms with E-state index in [4.69, 9.17) is 9.47 Å². The Morgan fingerprint density at radius 3 is 2.82 bits per heavy atom. The zero-order chi connectivity index (χ0) is 15.4. The molecule has 2 saturated heterocycles. The molecule has 1 aromatic heterocycles. The Kier molecular flexibility index (Phi) is 4.74. The largest absolute Gasteiger partial charge is 0.347 e. The zero-order valence-corrected chi connectivity index (χ0v) is 13.2. The van der Waals surface area contributed by atoms with E-state index >= 15 is 0 Å². The molecule has 5 nitrogen and oxygen atoms in total. The first-order valence-electron chi connectivity index (χ1n) is 8.12. The van der Waals surface area contributed by atoms with Crippen LogP contribution in [0.3, 0.4) is 0 Å². The van der Waals surface area contributed by atoms with E-state index in [1.54, 1.807) is 12.4 Å². The Morgan fingerprint density at radius 1 is 1.36 bits per heavy atom. The monoisotopic (exact) mass is 304 g/mol. The van der Waals surface area contributed by atoms with Crippen LogP contribution >= 0.6 is 0 Å². The number of nitrogens with zero attached hydrogens (tertiary/aromatic N) is 2. The van der Waals surface area contributed by atoms with Gasteiger partial charge in [-0.05, 0) is 43.9 Å². The molecule has 22 heavy (non-hydrogen) atoms. The third kappa shape index (κ3) is 3.47. The lowest BCUT2D eigenvalue weighted by Crippen LogP contribution is -2.48. The van der Waals surface area contributed by atoms with Crippen LogP contribution in [0.25, 0.3) is 0 Å². The predicted molar refractivity (Wildman–Crippen MR) is 82.2 cm³/mol. The van der Waals surface area contributed by atoms with E-state index in [1.807, 2.05) is 24.0 Å². The van der Waals surface area contributed by atoms with Gasteiger partial charge in [-0.25, -0.2) is 0 Å². The molecule has 2 aliphatic heterocycles. The highest BCUT2D eigenvalue weighted by Crippen LogP contribution is 2.34. The van der Waals surface area contributed by atoms with Crippen molar-refractivity contribution in [3.05, 3.63) is 30.1 Å². The van der Waals surface area contributed by atoms with Crippen molar-refractivity contribution in [2.45, 2.75) is 38.4 Å². The Balaban J connectivity index is 1.54. The normalized spacial score (nSPS) is 24.4. The second-order valence-corrected chi connectivity index (χ2v) is 6.25. The highest BCUT2D eigenvalue weighted by molar-refractivity contribution is 5.76. The van der Waals surface area contributed by atoms with E-state index in [0.29, 0.717) is 19.6 Å². The van der Waals surface area contributed by atoms with Crippen molar-refractivity contribution in [2.24, 2.45) is 5.92 Å². The summed E-state index contributed by atoms with van der Waals surface area (Å²) < 4.78 is 11.5. The van der Waals surface area contributed by atoms with Crippen molar-refractivity contribution in [1.29, 1.82) is 0 Å². The average Bonchev–Trinajstić information content (AvgIpc) is 3.02. The molecule has 0 spiro atoms. The smallest absolute Gasteiger partial charge is 0.222 e. The van der Waals surface area contributed by atoms with E-state index in [1.165, 1.54) is 0 Å². The molecule has 1 aromatic rings. The van der Waals surface area contributed by atoms with Crippen LogP contribution in [0.15, 0.2) is 24.5 Å². The van der Waals surface area contributed by atoms with Crippen molar-refractivity contribution in [3.8, 4) is 0 Å². The molecule has 3 rings (SSSR count). The maximum Gasteiger partial charge on any atom is 0.222 e. The number of ether oxygens (including phenoxy) is 2. The first kappa shape index (κ1) is 15.4. The number of hydrogen-bond donors (Lipinski definition) is 0. The molecule has 0 saturated carbocycles. The fourth-order valence-electron chi connectivity index (χ4n) is 3.36. The van der Waals surface area contributed by atoms with E-state index in [9.17, 15) is 4.79 Å². The lowest BCUT2D eigenvalue weighted by Gasteiger charge is -2.40. The Bertz CT molecular complexity index is 500.